The highest BCUT2D eigenvalue weighted by molar-refractivity contribution is 5.91. The first-order valence-corrected chi connectivity index (χ1v) is 6.54. The Morgan fingerprint density at radius 2 is 1.50 bits per heavy atom. The maximum Gasteiger partial charge on any atom is 0.409 e. The van der Waals surface area contributed by atoms with Crippen molar-refractivity contribution in [3.8, 4) is 0 Å². The molecule has 2 aromatic rings. The first-order valence-electron chi connectivity index (χ1n) is 7.12. The third-order valence-corrected chi connectivity index (χ3v) is 2.81. The molecule has 3 nitrogen and oxygen atoms in total. The van der Waals surface area contributed by atoms with Crippen LogP contribution in [-0.2, 0) is 4.79 Å². The quantitative estimate of drug-likeness (QED) is 0.874. The number of anilines is 2. The summed E-state index contributed by atoms with van der Waals surface area (Å²) in [6.45, 7) is 0. The van der Waals surface area contributed by atoms with Gasteiger partial charge in [-0.25, -0.2) is 0 Å². The van der Waals surface area contributed by atoms with Gasteiger partial charge in [-0.2, -0.15) is 13.2 Å². The summed E-state index contributed by atoms with van der Waals surface area (Å²) in [5.74, 6) is -1.03. The van der Waals surface area contributed by atoms with E-state index >= 15 is 0 Å². The Kier molecular flexibility index (Phi) is 4.58. The third-order valence-electron chi connectivity index (χ3n) is 2.81. The molecular weight excluding hydrogens is 293 g/mol. The number of nitrogens with one attached hydrogen (secondary N) is 2. The fourth-order valence-corrected chi connectivity index (χ4v) is 1.79. The summed E-state index contributed by atoms with van der Waals surface area (Å²) in [5.41, 5.74) is 0.537. The van der Waals surface area contributed by atoms with Gasteiger partial charge in [-0.15, -0.1) is 0 Å². The van der Waals surface area contributed by atoms with Crippen LogP contribution in [0.15, 0.2) is 60.7 Å². The fourth-order valence-electron chi connectivity index (χ4n) is 1.79. The van der Waals surface area contributed by atoms with Crippen molar-refractivity contribution in [3.63, 3.8) is 0 Å². The first-order chi connectivity index (χ1) is 10.9. The van der Waals surface area contributed by atoms with Crippen LogP contribution in [0.1, 0.15) is 7.77 Å². The number of hydrogen-bond donors (Lipinski definition) is 2. The van der Waals surface area contributed by atoms with Crippen LogP contribution in [-0.4, -0.2) is 18.1 Å². The first kappa shape index (κ1) is 14.4. The van der Waals surface area contributed by atoms with E-state index in [9.17, 15) is 18.0 Å². The lowest BCUT2D eigenvalue weighted by Gasteiger charge is -2.22. The molecule has 2 N–H and O–H groups in total. The summed E-state index contributed by atoms with van der Waals surface area (Å²) in [6.07, 6.45) is -6.79. The molecule has 0 aliphatic rings. The van der Waals surface area contributed by atoms with E-state index in [0.29, 0.717) is 5.69 Å². The van der Waals surface area contributed by atoms with Crippen LogP contribution in [0.5, 0.6) is 0 Å². The number of hydrogen-bond acceptors (Lipinski definition) is 2. The van der Waals surface area contributed by atoms with E-state index in [0.717, 1.165) is 0 Å². The highest BCUT2D eigenvalue weighted by Crippen LogP contribution is 2.26. The maximum atomic E-state index is 13.2. The minimum Gasteiger partial charge on any atom is -0.374 e. The van der Waals surface area contributed by atoms with Crippen molar-refractivity contribution in [3.05, 3.63) is 60.7 Å². The van der Waals surface area contributed by atoms with E-state index in [-0.39, 0.29) is 5.69 Å². The van der Waals surface area contributed by atoms with Crippen LogP contribution < -0.4 is 10.6 Å². The van der Waals surface area contributed by atoms with E-state index in [1.807, 2.05) is 0 Å². The van der Waals surface area contributed by atoms with Gasteiger partial charge >= 0.3 is 6.18 Å². The number of benzene rings is 2. The van der Waals surface area contributed by atoms with Gasteiger partial charge in [-0.05, 0) is 24.3 Å². The lowest BCUT2D eigenvalue weighted by atomic mass is 10.1. The Morgan fingerprint density at radius 1 is 1.00 bits per heavy atom. The Labute approximate surface area is 127 Å². The predicted octanol–water partition coefficient (Wildman–Crippen LogP) is 4.06. The van der Waals surface area contributed by atoms with E-state index in [1.54, 1.807) is 36.4 Å². The molecule has 0 aliphatic heterocycles. The van der Waals surface area contributed by atoms with Crippen LogP contribution in [0.2, 0.25) is 0 Å². The summed E-state index contributed by atoms with van der Waals surface area (Å²) in [7, 11) is 0. The molecular formula is C16H15F3N2O. The van der Waals surface area contributed by atoms with E-state index in [4.69, 9.17) is 1.37 Å². The standard InChI is InChI=1S/C16H15F3N2O/c17-16(18,19)14(20-12-7-3-1-4-8-12)11-15(22)21-13-9-5-2-6-10-13/h1-10,14,20H,11H2,(H,21,22)/i11D/t11-,14?/m1/s1. The molecule has 0 radical (unpaired) electrons. The number of rotatable bonds is 5. The molecule has 0 saturated carbocycles. The largest absolute Gasteiger partial charge is 0.409 e. The summed E-state index contributed by atoms with van der Waals surface area (Å²) in [4.78, 5) is 12.0. The molecule has 1 unspecified atom stereocenters. The SMILES string of the molecule is [2H][C@@H](C(=O)Nc1ccccc1)C(Nc1ccccc1)C(F)(F)F. The molecule has 0 fully saturated rings. The maximum absolute atomic E-state index is 13.2. The van der Waals surface area contributed by atoms with E-state index in [2.05, 4.69) is 10.6 Å². The van der Waals surface area contributed by atoms with Gasteiger partial charge in [-0.3, -0.25) is 4.79 Å². The second-order valence-corrected chi connectivity index (χ2v) is 4.55. The molecule has 0 bridgehead atoms. The zero-order chi connectivity index (χ0) is 16.9. The molecule has 116 valence electrons. The van der Waals surface area contributed by atoms with Gasteiger partial charge in [0, 0.05) is 12.7 Å². The van der Waals surface area contributed by atoms with Gasteiger partial charge in [0.1, 0.15) is 6.04 Å². The molecule has 0 saturated heterocycles. The molecule has 1 amide bonds. The lowest BCUT2D eigenvalue weighted by Crippen LogP contribution is -2.39. The topological polar surface area (TPSA) is 41.1 Å². The number of amides is 1. The smallest absolute Gasteiger partial charge is 0.374 e. The molecule has 2 atom stereocenters. The van der Waals surface area contributed by atoms with Crippen molar-refractivity contribution >= 4 is 17.3 Å². The highest BCUT2D eigenvalue weighted by atomic mass is 19.4. The van der Waals surface area contributed by atoms with Crippen molar-refractivity contribution in [2.75, 3.05) is 10.6 Å². The third kappa shape index (κ3) is 4.80. The Hall–Kier alpha value is -2.50. The Morgan fingerprint density at radius 3 is 2.00 bits per heavy atom. The van der Waals surface area contributed by atoms with Crippen molar-refractivity contribution < 1.29 is 19.3 Å². The molecule has 0 heterocycles. The van der Waals surface area contributed by atoms with Crippen molar-refractivity contribution in [1.82, 2.24) is 0 Å². The van der Waals surface area contributed by atoms with Gasteiger partial charge in [0.25, 0.3) is 0 Å². The van der Waals surface area contributed by atoms with Crippen LogP contribution in [0.25, 0.3) is 0 Å². The van der Waals surface area contributed by atoms with Crippen LogP contribution >= 0.6 is 0 Å². The number of carbonyl (C=O) groups excluding carboxylic acids is 1. The van der Waals surface area contributed by atoms with Crippen molar-refractivity contribution in [1.29, 1.82) is 0 Å². The predicted molar refractivity (Wildman–Crippen MR) is 79.6 cm³/mol. The van der Waals surface area contributed by atoms with Crippen LogP contribution in [0, 0.1) is 0 Å². The number of halogens is 3. The number of para-hydroxylation sites is 2. The Balaban J connectivity index is 2.13. The number of carbonyl (C=O) groups is 1. The average molecular weight is 309 g/mol. The summed E-state index contributed by atoms with van der Waals surface area (Å²) < 4.78 is 47.3. The van der Waals surface area contributed by atoms with Gasteiger partial charge in [0.15, 0.2) is 0 Å². The molecule has 2 rings (SSSR count). The summed E-state index contributed by atoms with van der Waals surface area (Å²) >= 11 is 0. The average Bonchev–Trinajstić information content (AvgIpc) is 2.53. The van der Waals surface area contributed by atoms with Crippen LogP contribution in [0.3, 0.4) is 0 Å². The summed E-state index contributed by atoms with van der Waals surface area (Å²) in [5, 5.41) is 4.53. The van der Waals surface area contributed by atoms with Gasteiger partial charge in [0.2, 0.25) is 5.91 Å². The lowest BCUT2D eigenvalue weighted by molar-refractivity contribution is -0.148. The number of alkyl halides is 3. The Bertz CT molecular complexity index is 635. The molecule has 0 aliphatic carbocycles. The minimum absolute atomic E-state index is 0.194. The fraction of sp³-hybridized carbons (Fsp3) is 0.188. The summed E-state index contributed by atoms with van der Waals surface area (Å²) in [6, 6.07) is 13.4. The molecule has 2 aromatic carbocycles. The molecule has 0 aromatic heterocycles. The van der Waals surface area contributed by atoms with Crippen LogP contribution in [0.4, 0.5) is 24.5 Å². The molecule has 0 spiro atoms. The second-order valence-electron chi connectivity index (χ2n) is 4.55. The highest BCUT2D eigenvalue weighted by Gasteiger charge is 2.40. The molecule has 22 heavy (non-hydrogen) atoms. The van der Waals surface area contributed by atoms with E-state index < -0.39 is 24.5 Å². The van der Waals surface area contributed by atoms with Crippen molar-refractivity contribution in [2.45, 2.75) is 18.6 Å². The normalized spacial score (nSPS) is 14.6. The monoisotopic (exact) mass is 309 g/mol. The second kappa shape index (κ2) is 6.98. The van der Waals surface area contributed by atoms with E-state index in [1.165, 1.54) is 24.3 Å². The zero-order valence-electron chi connectivity index (χ0n) is 12.5. The van der Waals surface area contributed by atoms with Gasteiger partial charge in [-0.1, -0.05) is 36.4 Å². The van der Waals surface area contributed by atoms with Gasteiger partial charge < -0.3 is 10.6 Å². The van der Waals surface area contributed by atoms with Crippen molar-refractivity contribution in [2.24, 2.45) is 0 Å². The minimum atomic E-state index is -4.74. The molecule has 6 heteroatoms. The van der Waals surface area contributed by atoms with Gasteiger partial charge in [0.05, 0.1) is 6.40 Å². The zero-order valence-corrected chi connectivity index (χ0v) is 11.5.